The van der Waals surface area contributed by atoms with Crippen LogP contribution in [0.1, 0.15) is 18.4 Å². The molecule has 20 heavy (non-hydrogen) atoms. The van der Waals surface area contributed by atoms with E-state index >= 15 is 0 Å². The van der Waals surface area contributed by atoms with Gasteiger partial charge in [0.1, 0.15) is 6.04 Å². The van der Waals surface area contributed by atoms with Crippen molar-refractivity contribution >= 4 is 22.1 Å². The van der Waals surface area contributed by atoms with Crippen molar-refractivity contribution in [3.8, 4) is 0 Å². The van der Waals surface area contributed by atoms with Crippen molar-refractivity contribution in [1.29, 1.82) is 0 Å². The SMILES string of the molecule is O=C(O)[C@@H]1CCCN1S(=O)(=O)CC=Cc1ccccc1. The number of carboxylic acids is 1. The maximum atomic E-state index is 12.1. The van der Waals surface area contributed by atoms with Crippen molar-refractivity contribution in [2.45, 2.75) is 18.9 Å². The van der Waals surface area contributed by atoms with E-state index in [1.807, 2.05) is 30.3 Å². The highest BCUT2D eigenvalue weighted by molar-refractivity contribution is 7.89. The predicted octanol–water partition coefficient (Wildman–Crippen LogP) is 1.58. The van der Waals surface area contributed by atoms with Crippen LogP contribution >= 0.6 is 0 Å². The van der Waals surface area contributed by atoms with E-state index < -0.39 is 22.0 Å². The fraction of sp³-hybridized carbons (Fsp3) is 0.357. The van der Waals surface area contributed by atoms with Crippen LogP contribution in [0.5, 0.6) is 0 Å². The Morgan fingerprint density at radius 1 is 1.35 bits per heavy atom. The Kier molecular flexibility index (Phi) is 4.57. The number of nitrogens with zero attached hydrogens (tertiary/aromatic N) is 1. The first-order valence-corrected chi connectivity index (χ1v) is 8.05. The van der Waals surface area contributed by atoms with Gasteiger partial charge in [-0.25, -0.2) is 8.42 Å². The maximum absolute atomic E-state index is 12.1. The van der Waals surface area contributed by atoms with Gasteiger partial charge in [-0.2, -0.15) is 4.31 Å². The average Bonchev–Trinajstić information content (AvgIpc) is 2.90. The summed E-state index contributed by atoms with van der Waals surface area (Å²) in [5.74, 6) is -1.25. The molecule has 0 unspecified atom stereocenters. The van der Waals surface area contributed by atoms with E-state index in [0.717, 1.165) is 9.87 Å². The Morgan fingerprint density at radius 3 is 2.70 bits per heavy atom. The number of aliphatic carboxylic acids is 1. The molecule has 1 aromatic rings. The summed E-state index contributed by atoms with van der Waals surface area (Å²) in [4.78, 5) is 11.0. The molecule has 0 saturated carbocycles. The molecule has 1 saturated heterocycles. The Bertz CT molecular complexity index is 595. The lowest BCUT2D eigenvalue weighted by molar-refractivity contribution is -0.140. The van der Waals surface area contributed by atoms with Crippen molar-refractivity contribution in [2.24, 2.45) is 0 Å². The molecule has 1 heterocycles. The van der Waals surface area contributed by atoms with E-state index in [-0.39, 0.29) is 5.75 Å². The fourth-order valence-electron chi connectivity index (χ4n) is 2.29. The highest BCUT2D eigenvalue weighted by Gasteiger charge is 2.37. The number of sulfonamides is 1. The standard InChI is InChI=1S/C14H17NO4S/c16-14(17)13-9-4-10-15(13)20(18,19)11-5-8-12-6-2-1-3-7-12/h1-3,5-8,13H,4,9-11H2,(H,16,17)/t13-/m0/s1. The maximum Gasteiger partial charge on any atom is 0.322 e. The van der Waals surface area contributed by atoms with E-state index in [2.05, 4.69) is 0 Å². The molecule has 108 valence electrons. The van der Waals surface area contributed by atoms with Crippen LogP contribution in [0.25, 0.3) is 6.08 Å². The summed E-state index contributed by atoms with van der Waals surface area (Å²) in [5.41, 5.74) is 0.916. The first kappa shape index (κ1) is 14.7. The van der Waals surface area contributed by atoms with Crippen molar-refractivity contribution < 1.29 is 18.3 Å². The molecule has 0 amide bonds. The quantitative estimate of drug-likeness (QED) is 0.895. The topological polar surface area (TPSA) is 74.7 Å². The second-order valence-corrected chi connectivity index (χ2v) is 6.66. The lowest BCUT2D eigenvalue weighted by atomic mass is 10.2. The Hall–Kier alpha value is -1.66. The van der Waals surface area contributed by atoms with E-state index in [4.69, 9.17) is 5.11 Å². The number of rotatable bonds is 5. The molecular weight excluding hydrogens is 278 g/mol. The van der Waals surface area contributed by atoms with Crippen molar-refractivity contribution in [2.75, 3.05) is 12.3 Å². The largest absolute Gasteiger partial charge is 0.480 e. The van der Waals surface area contributed by atoms with Crippen LogP contribution in [0, 0.1) is 0 Å². The summed E-state index contributed by atoms with van der Waals surface area (Å²) in [6.45, 7) is 0.290. The van der Waals surface area contributed by atoms with Gasteiger partial charge in [-0.3, -0.25) is 4.79 Å². The number of benzene rings is 1. The van der Waals surface area contributed by atoms with Gasteiger partial charge in [0.15, 0.2) is 0 Å². The van der Waals surface area contributed by atoms with Crippen LogP contribution in [0.15, 0.2) is 36.4 Å². The molecule has 5 nitrogen and oxygen atoms in total. The van der Waals surface area contributed by atoms with Gasteiger partial charge in [0.25, 0.3) is 0 Å². The fourth-order valence-corrected chi connectivity index (χ4v) is 3.81. The summed E-state index contributed by atoms with van der Waals surface area (Å²) in [7, 11) is -3.56. The summed E-state index contributed by atoms with van der Waals surface area (Å²) < 4.78 is 25.4. The second-order valence-electron chi connectivity index (χ2n) is 4.70. The zero-order valence-corrected chi connectivity index (χ0v) is 11.8. The molecule has 0 radical (unpaired) electrons. The highest BCUT2D eigenvalue weighted by atomic mass is 32.2. The molecule has 0 spiro atoms. The molecule has 1 aromatic carbocycles. The van der Waals surface area contributed by atoms with Crippen LogP contribution in [0.4, 0.5) is 0 Å². The molecule has 1 N–H and O–H groups in total. The van der Waals surface area contributed by atoms with Gasteiger partial charge in [0.05, 0.1) is 5.75 Å². The van der Waals surface area contributed by atoms with Crippen molar-refractivity contribution in [3.63, 3.8) is 0 Å². The lowest BCUT2D eigenvalue weighted by Gasteiger charge is -2.19. The summed E-state index contributed by atoms with van der Waals surface area (Å²) >= 11 is 0. The van der Waals surface area contributed by atoms with Gasteiger partial charge in [0, 0.05) is 6.54 Å². The molecule has 6 heteroatoms. The van der Waals surface area contributed by atoms with Crippen LogP contribution in [0.2, 0.25) is 0 Å². The Labute approximate surface area is 118 Å². The number of carboxylic acid groups (broad SMARTS) is 1. The minimum Gasteiger partial charge on any atom is -0.480 e. The third-order valence-electron chi connectivity index (χ3n) is 3.26. The Balaban J connectivity index is 2.04. The molecular formula is C14H17NO4S. The lowest BCUT2D eigenvalue weighted by Crippen LogP contribution is -2.41. The number of carbonyl (C=O) groups is 1. The summed E-state index contributed by atoms with van der Waals surface area (Å²) in [6.07, 6.45) is 4.26. The van der Waals surface area contributed by atoms with Gasteiger partial charge < -0.3 is 5.11 Å². The van der Waals surface area contributed by atoms with Crippen LogP contribution in [-0.2, 0) is 14.8 Å². The predicted molar refractivity (Wildman–Crippen MR) is 76.6 cm³/mol. The van der Waals surface area contributed by atoms with E-state index in [9.17, 15) is 13.2 Å². The van der Waals surface area contributed by atoms with Crippen LogP contribution in [-0.4, -0.2) is 42.1 Å². The van der Waals surface area contributed by atoms with Gasteiger partial charge in [-0.15, -0.1) is 0 Å². The van der Waals surface area contributed by atoms with Crippen LogP contribution < -0.4 is 0 Å². The first-order chi connectivity index (χ1) is 9.50. The van der Waals surface area contributed by atoms with Gasteiger partial charge in [-0.1, -0.05) is 42.5 Å². The van der Waals surface area contributed by atoms with Gasteiger partial charge in [-0.05, 0) is 18.4 Å². The third-order valence-corrected chi connectivity index (χ3v) is 5.03. The molecule has 0 bridgehead atoms. The first-order valence-electron chi connectivity index (χ1n) is 6.44. The average molecular weight is 295 g/mol. The zero-order valence-electron chi connectivity index (χ0n) is 11.0. The molecule has 0 aliphatic carbocycles. The molecule has 0 aromatic heterocycles. The Morgan fingerprint density at radius 2 is 2.05 bits per heavy atom. The van der Waals surface area contributed by atoms with Crippen molar-refractivity contribution in [3.05, 3.63) is 42.0 Å². The summed E-state index contributed by atoms with van der Waals surface area (Å²) in [6, 6.07) is 8.46. The van der Waals surface area contributed by atoms with Crippen molar-refractivity contribution in [1.82, 2.24) is 4.31 Å². The minimum absolute atomic E-state index is 0.175. The van der Waals surface area contributed by atoms with E-state index in [0.29, 0.717) is 19.4 Å². The molecule has 1 aliphatic rings. The molecule has 2 rings (SSSR count). The highest BCUT2D eigenvalue weighted by Crippen LogP contribution is 2.21. The van der Waals surface area contributed by atoms with E-state index in [1.165, 1.54) is 0 Å². The van der Waals surface area contributed by atoms with Gasteiger partial charge >= 0.3 is 5.97 Å². The third kappa shape index (κ3) is 3.46. The molecule has 1 fully saturated rings. The number of hydrogen-bond acceptors (Lipinski definition) is 3. The number of hydrogen-bond donors (Lipinski definition) is 1. The van der Waals surface area contributed by atoms with Gasteiger partial charge in [0.2, 0.25) is 10.0 Å². The molecule has 1 atom stereocenters. The second kappa shape index (κ2) is 6.19. The zero-order chi connectivity index (χ0) is 14.6. The van der Waals surface area contributed by atoms with E-state index in [1.54, 1.807) is 12.2 Å². The summed E-state index contributed by atoms with van der Waals surface area (Å²) in [5, 5.41) is 9.03. The monoisotopic (exact) mass is 295 g/mol. The van der Waals surface area contributed by atoms with Crippen LogP contribution in [0.3, 0.4) is 0 Å². The minimum atomic E-state index is -3.56. The normalized spacial score (nSPS) is 20.5. The smallest absolute Gasteiger partial charge is 0.322 e. The molecule has 1 aliphatic heterocycles.